The van der Waals surface area contributed by atoms with E-state index < -0.39 is 15.6 Å². The number of aromatic nitrogens is 1. The fourth-order valence-corrected chi connectivity index (χ4v) is 1.12. The second-order valence-electron chi connectivity index (χ2n) is 3.52. The van der Waals surface area contributed by atoms with Crippen LogP contribution < -0.4 is 0 Å². The molecule has 0 radical (unpaired) electrons. The minimum Gasteiger partial charge on any atom is -0.354 e. The van der Waals surface area contributed by atoms with Crippen LogP contribution in [0.4, 0.5) is 13.2 Å². The molecule has 0 unspecified atom stereocenters. The maximum Gasteiger partial charge on any atom is 0.522 e. The van der Waals surface area contributed by atoms with Crippen LogP contribution in [0.25, 0.3) is 0 Å². The minimum absolute atomic E-state index is 1.09. The molecule has 0 spiro atoms. The van der Waals surface area contributed by atoms with E-state index in [1.807, 2.05) is 0 Å². The van der Waals surface area contributed by atoms with Crippen molar-refractivity contribution in [1.82, 2.24) is 4.57 Å². The van der Waals surface area contributed by atoms with Gasteiger partial charge < -0.3 is 4.57 Å². The predicted molar refractivity (Wildman–Crippen MR) is 61.7 cm³/mol. The topological polar surface area (TPSA) is 59.3 Å². The number of aryl methyl sites for hydroxylation is 2. The first-order chi connectivity index (χ1) is 8.11. The Hall–Kier alpha value is -1.02. The molecule has 106 valence electrons. The third-order valence-corrected chi connectivity index (χ3v) is 2.59. The maximum atomic E-state index is 10.7. The van der Waals surface area contributed by atoms with E-state index in [1.165, 1.54) is 18.4 Å². The lowest BCUT2D eigenvalue weighted by atomic mass is 10.2. The Balaban J connectivity index is 0.000000331. The molecule has 0 aliphatic carbocycles. The van der Waals surface area contributed by atoms with Gasteiger partial charge in [-0.05, 0) is 25.0 Å². The van der Waals surface area contributed by atoms with E-state index in [4.69, 9.17) is 13.0 Å². The zero-order valence-corrected chi connectivity index (χ0v) is 10.9. The number of hydrogen-bond donors (Lipinski definition) is 1. The molecule has 0 aromatic carbocycles. The summed E-state index contributed by atoms with van der Waals surface area (Å²) in [5.74, 6) is 0. The second-order valence-corrected chi connectivity index (χ2v) is 4.93. The molecule has 4 nitrogen and oxygen atoms in total. The van der Waals surface area contributed by atoms with Crippen molar-refractivity contribution in [3.8, 4) is 0 Å². The lowest BCUT2D eigenvalue weighted by Crippen LogP contribution is -2.21. The number of halogens is 3. The number of nitrogens with zero attached hydrogens (tertiary/aromatic N) is 1. The zero-order valence-electron chi connectivity index (χ0n) is 10.1. The van der Waals surface area contributed by atoms with Gasteiger partial charge in [-0.1, -0.05) is 13.3 Å². The van der Waals surface area contributed by atoms with Crippen molar-refractivity contribution in [2.24, 2.45) is 0 Å². The van der Waals surface area contributed by atoms with E-state index in [0.717, 1.165) is 6.54 Å². The Bertz CT molecular complexity index is 451. The Morgan fingerprint density at radius 2 is 1.83 bits per heavy atom. The van der Waals surface area contributed by atoms with E-state index in [2.05, 4.69) is 36.9 Å². The third kappa shape index (κ3) is 6.06. The molecule has 1 aromatic rings. The highest BCUT2D eigenvalue weighted by atomic mass is 32.2. The van der Waals surface area contributed by atoms with Crippen LogP contribution in [0.1, 0.15) is 25.8 Å². The summed E-state index contributed by atoms with van der Waals surface area (Å²) in [5, 5.41) is 0. The molecule has 0 aliphatic rings. The molecule has 0 aliphatic heterocycles. The predicted octanol–water partition coefficient (Wildman–Crippen LogP) is 2.85. The number of alkyl halides is 3. The van der Waals surface area contributed by atoms with Gasteiger partial charge in [0.05, 0.1) is 0 Å². The highest BCUT2D eigenvalue weighted by Crippen LogP contribution is 2.20. The zero-order chi connectivity index (χ0) is 14.4. The van der Waals surface area contributed by atoms with Crippen LogP contribution in [0.15, 0.2) is 18.5 Å². The fourth-order valence-electron chi connectivity index (χ4n) is 1.12. The van der Waals surface area contributed by atoms with Crippen molar-refractivity contribution in [2.45, 2.75) is 38.7 Å². The van der Waals surface area contributed by atoms with Crippen LogP contribution >= 0.6 is 0 Å². The molecule has 0 amide bonds. The van der Waals surface area contributed by atoms with Crippen LogP contribution in [-0.2, 0) is 23.1 Å². The summed E-state index contributed by atoms with van der Waals surface area (Å²) in [7, 11) is -5.84. The molecule has 0 bridgehead atoms. The lowest BCUT2D eigenvalue weighted by molar-refractivity contribution is -0.0510. The van der Waals surface area contributed by atoms with Gasteiger partial charge in [0.2, 0.25) is 0 Å². The Kier molecular flexibility index (Phi) is 6.41. The first-order valence-corrected chi connectivity index (χ1v) is 6.74. The number of hydrogen-bond acceptors (Lipinski definition) is 2. The average molecular weight is 287 g/mol. The lowest BCUT2D eigenvalue weighted by Gasteiger charge is -1.97. The van der Waals surface area contributed by atoms with E-state index in [0.29, 0.717) is 0 Å². The Morgan fingerprint density at radius 3 is 2.11 bits per heavy atom. The average Bonchev–Trinajstić information content (AvgIpc) is 2.64. The summed E-state index contributed by atoms with van der Waals surface area (Å²) in [6.45, 7) is 5.46. The minimum atomic E-state index is -5.84. The highest BCUT2D eigenvalue weighted by molar-refractivity contribution is 7.86. The Labute approximate surface area is 104 Å². The quantitative estimate of drug-likeness (QED) is 0.687. The molecule has 0 atom stereocenters. The van der Waals surface area contributed by atoms with E-state index in [1.54, 1.807) is 0 Å². The van der Waals surface area contributed by atoms with E-state index in [9.17, 15) is 13.2 Å². The van der Waals surface area contributed by atoms with Crippen molar-refractivity contribution < 1.29 is 26.1 Å². The van der Waals surface area contributed by atoms with Gasteiger partial charge in [-0.25, -0.2) is 0 Å². The van der Waals surface area contributed by atoms with Crippen molar-refractivity contribution in [1.29, 1.82) is 0 Å². The van der Waals surface area contributed by atoms with Crippen molar-refractivity contribution in [3.63, 3.8) is 0 Å². The summed E-state index contributed by atoms with van der Waals surface area (Å²) < 4.78 is 59.8. The van der Waals surface area contributed by atoms with E-state index >= 15 is 0 Å². The van der Waals surface area contributed by atoms with Crippen LogP contribution in [0.3, 0.4) is 0 Å². The third-order valence-electron chi connectivity index (χ3n) is 2.01. The fraction of sp³-hybridized carbons (Fsp3) is 0.600. The molecule has 0 saturated heterocycles. The van der Waals surface area contributed by atoms with Crippen molar-refractivity contribution >= 4 is 10.1 Å². The van der Waals surface area contributed by atoms with Gasteiger partial charge in [-0.3, -0.25) is 4.55 Å². The van der Waals surface area contributed by atoms with Crippen molar-refractivity contribution in [2.75, 3.05) is 0 Å². The molecular formula is C10H16F3NO3S. The maximum absolute atomic E-state index is 10.7. The van der Waals surface area contributed by atoms with Crippen LogP contribution in [0, 0.1) is 0 Å². The standard InChI is InChI=1S/C9H15N.CHF3O3S/c1-3-5-9-6-7-10(4-2)8-9;2-1(3,4)8(5,6)7/h6-8H,3-5H2,1-2H3;(H,5,6,7). The van der Waals surface area contributed by atoms with Crippen molar-refractivity contribution in [3.05, 3.63) is 24.0 Å². The van der Waals surface area contributed by atoms with Crippen LogP contribution in [0.5, 0.6) is 0 Å². The Morgan fingerprint density at radius 1 is 1.33 bits per heavy atom. The molecule has 1 aromatic heterocycles. The summed E-state index contributed by atoms with van der Waals surface area (Å²) in [5.41, 5.74) is -4.07. The summed E-state index contributed by atoms with van der Waals surface area (Å²) in [6, 6.07) is 2.20. The van der Waals surface area contributed by atoms with Crippen LogP contribution in [-0.4, -0.2) is 23.0 Å². The van der Waals surface area contributed by atoms with Gasteiger partial charge in [0.25, 0.3) is 0 Å². The smallest absolute Gasteiger partial charge is 0.354 e. The van der Waals surface area contributed by atoms with Gasteiger partial charge in [-0.15, -0.1) is 0 Å². The van der Waals surface area contributed by atoms with Gasteiger partial charge >= 0.3 is 15.6 Å². The first-order valence-electron chi connectivity index (χ1n) is 5.30. The largest absolute Gasteiger partial charge is 0.522 e. The molecule has 18 heavy (non-hydrogen) atoms. The van der Waals surface area contributed by atoms with Gasteiger partial charge in [0.15, 0.2) is 0 Å². The van der Waals surface area contributed by atoms with Gasteiger partial charge in [0.1, 0.15) is 0 Å². The molecule has 0 saturated carbocycles. The molecule has 1 rings (SSSR count). The summed E-state index contributed by atoms with van der Waals surface area (Å²) in [6.07, 6.45) is 6.83. The second kappa shape index (κ2) is 6.79. The molecule has 0 fully saturated rings. The molecule has 8 heteroatoms. The molecule has 1 N–H and O–H groups in total. The summed E-state index contributed by atoms with van der Waals surface area (Å²) >= 11 is 0. The number of rotatable bonds is 3. The SMILES string of the molecule is CCCc1ccn(CC)c1.O=S(=O)(O)C(F)(F)F. The first kappa shape index (κ1) is 17.0. The molecule has 1 heterocycles. The van der Waals surface area contributed by atoms with Crippen LogP contribution in [0.2, 0.25) is 0 Å². The van der Waals surface area contributed by atoms with E-state index in [-0.39, 0.29) is 0 Å². The normalized spacial score (nSPS) is 11.9. The van der Waals surface area contributed by atoms with Gasteiger partial charge in [0, 0.05) is 18.9 Å². The van der Waals surface area contributed by atoms with Gasteiger partial charge in [-0.2, -0.15) is 21.6 Å². The monoisotopic (exact) mass is 287 g/mol. The highest BCUT2D eigenvalue weighted by Gasteiger charge is 2.44. The molecular weight excluding hydrogens is 271 g/mol. The summed E-state index contributed by atoms with van der Waals surface area (Å²) in [4.78, 5) is 0.